The molecule has 0 spiro atoms. The van der Waals surface area contributed by atoms with Crippen LogP contribution < -0.4 is 0 Å². The van der Waals surface area contributed by atoms with Crippen LogP contribution in [0.15, 0.2) is 12.3 Å². The Morgan fingerprint density at radius 3 is 3.08 bits per heavy atom. The Bertz CT molecular complexity index is 330. The number of ether oxygens (including phenoxy) is 1. The van der Waals surface area contributed by atoms with Gasteiger partial charge >= 0.3 is 5.97 Å². The number of esters is 1. The van der Waals surface area contributed by atoms with Gasteiger partial charge in [-0.15, -0.1) is 0 Å². The lowest BCUT2D eigenvalue weighted by Gasteiger charge is -2.02. The van der Waals surface area contributed by atoms with E-state index < -0.39 is 11.9 Å². The fourth-order valence-corrected chi connectivity index (χ4v) is 0.974. The molecule has 13 heavy (non-hydrogen) atoms. The number of carbonyl (C=O) groups is 1. The third-order valence-electron chi connectivity index (χ3n) is 1.34. The van der Waals surface area contributed by atoms with E-state index in [0.717, 1.165) is 6.20 Å². The molecule has 0 bridgehead atoms. The minimum atomic E-state index is -0.868. The maximum Gasteiger partial charge on any atom is 0.339 e. The third kappa shape index (κ3) is 2.15. The summed E-state index contributed by atoms with van der Waals surface area (Å²) in [6.07, 6.45) is 1.16. The van der Waals surface area contributed by atoms with E-state index in [2.05, 4.69) is 9.72 Å². The average molecular weight is 204 g/mol. The molecule has 0 aromatic carbocycles. The van der Waals surface area contributed by atoms with Gasteiger partial charge in [-0.1, -0.05) is 11.6 Å². The number of hydrogen-bond donors (Lipinski definition) is 0. The Hall–Kier alpha value is -1.16. The molecule has 1 aromatic rings. The summed E-state index contributed by atoms with van der Waals surface area (Å²) in [7, 11) is 0. The van der Waals surface area contributed by atoms with Crippen LogP contribution in [0.2, 0.25) is 5.02 Å². The first-order chi connectivity index (χ1) is 6.16. The molecule has 0 aliphatic carbocycles. The van der Waals surface area contributed by atoms with Gasteiger partial charge in [0.2, 0.25) is 5.95 Å². The van der Waals surface area contributed by atoms with Gasteiger partial charge in [0, 0.05) is 6.20 Å². The summed E-state index contributed by atoms with van der Waals surface area (Å²) < 4.78 is 17.4. The van der Waals surface area contributed by atoms with E-state index in [1.165, 1.54) is 6.07 Å². The molecule has 1 aromatic heterocycles. The molecule has 0 N–H and O–H groups in total. The fraction of sp³-hybridized carbons (Fsp3) is 0.250. The molecule has 0 fully saturated rings. The molecule has 0 aliphatic heterocycles. The minimum absolute atomic E-state index is 0.00369. The van der Waals surface area contributed by atoms with E-state index in [9.17, 15) is 9.18 Å². The maximum atomic E-state index is 12.7. The highest BCUT2D eigenvalue weighted by Crippen LogP contribution is 2.18. The van der Waals surface area contributed by atoms with Crippen molar-refractivity contribution in [1.29, 1.82) is 0 Å². The summed E-state index contributed by atoms with van der Waals surface area (Å²) in [5.74, 6) is -1.51. The van der Waals surface area contributed by atoms with Crippen molar-refractivity contribution < 1.29 is 13.9 Å². The number of hydrogen-bond acceptors (Lipinski definition) is 3. The van der Waals surface area contributed by atoms with Gasteiger partial charge in [0.15, 0.2) is 0 Å². The van der Waals surface area contributed by atoms with E-state index in [-0.39, 0.29) is 17.2 Å². The number of halogens is 2. The predicted molar refractivity (Wildman–Crippen MR) is 45.2 cm³/mol. The topological polar surface area (TPSA) is 39.2 Å². The summed E-state index contributed by atoms with van der Waals surface area (Å²) in [4.78, 5) is 14.4. The monoisotopic (exact) mass is 203 g/mol. The summed E-state index contributed by atoms with van der Waals surface area (Å²) in [5.41, 5.74) is -0.00369. The molecule has 0 radical (unpaired) electrons. The smallest absolute Gasteiger partial charge is 0.339 e. The van der Waals surface area contributed by atoms with Crippen molar-refractivity contribution in [3.05, 3.63) is 28.8 Å². The second-order valence-electron chi connectivity index (χ2n) is 2.18. The van der Waals surface area contributed by atoms with Gasteiger partial charge in [-0.3, -0.25) is 0 Å². The molecule has 5 heteroatoms. The number of carbonyl (C=O) groups excluding carboxylic acids is 1. The van der Waals surface area contributed by atoms with Crippen molar-refractivity contribution in [2.24, 2.45) is 0 Å². The van der Waals surface area contributed by atoms with Gasteiger partial charge < -0.3 is 4.74 Å². The fourth-order valence-electron chi connectivity index (χ4n) is 0.785. The van der Waals surface area contributed by atoms with Crippen LogP contribution in [-0.2, 0) is 4.74 Å². The Balaban J connectivity index is 3.01. The van der Waals surface area contributed by atoms with Gasteiger partial charge in [-0.25, -0.2) is 9.78 Å². The largest absolute Gasteiger partial charge is 0.462 e. The molecule has 3 nitrogen and oxygen atoms in total. The quantitative estimate of drug-likeness (QED) is 0.546. The van der Waals surface area contributed by atoms with Crippen LogP contribution in [0.25, 0.3) is 0 Å². The van der Waals surface area contributed by atoms with Gasteiger partial charge in [-0.2, -0.15) is 4.39 Å². The van der Waals surface area contributed by atoms with E-state index in [1.54, 1.807) is 6.92 Å². The normalized spacial score (nSPS) is 9.77. The maximum absolute atomic E-state index is 12.7. The first-order valence-corrected chi connectivity index (χ1v) is 4.01. The molecule has 0 amide bonds. The van der Waals surface area contributed by atoms with Crippen LogP contribution in [-0.4, -0.2) is 17.6 Å². The molecule has 1 rings (SSSR count). The second-order valence-corrected chi connectivity index (χ2v) is 2.56. The Kier molecular flexibility index (Phi) is 3.19. The summed E-state index contributed by atoms with van der Waals surface area (Å²) >= 11 is 5.49. The molecule has 0 atom stereocenters. The Labute approximate surface area is 79.5 Å². The Morgan fingerprint density at radius 1 is 1.77 bits per heavy atom. The molecular weight excluding hydrogens is 197 g/mol. The highest BCUT2D eigenvalue weighted by atomic mass is 35.5. The van der Waals surface area contributed by atoms with E-state index >= 15 is 0 Å². The first-order valence-electron chi connectivity index (χ1n) is 3.64. The zero-order valence-electron chi connectivity index (χ0n) is 6.88. The Morgan fingerprint density at radius 2 is 2.46 bits per heavy atom. The van der Waals surface area contributed by atoms with Crippen molar-refractivity contribution >= 4 is 17.6 Å². The SMILES string of the molecule is CCOC(=O)c1ccnc(F)c1Cl. The van der Waals surface area contributed by atoms with Crippen molar-refractivity contribution in [1.82, 2.24) is 4.98 Å². The number of rotatable bonds is 2. The number of nitrogens with zero attached hydrogens (tertiary/aromatic N) is 1. The molecule has 1 heterocycles. The van der Waals surface area contributed by atoms with Crippen LogP contribution in [0, 0.1) is 5.95 Å². The highest BCUT2D eigenvalue weighted by Gasteiger charge is 2.14. The van der Waals surface area contributed by atoms with Crippen molar-refractivity contribution in [2.75, 3.05) is 6.61 Å². The van der Waals surface area contributed by atoms with Crippen molar-refractivity contribution in [3.63, 3.8) is 0 Å². The molecule has 0 saturated heterocycles. The average Bonchev–Trinajstić information content (AvgIpc) is 2.10. The summed E-state index contributed by atoms with van der Waals surface area (Å²) in [6.45, 7) is 1.88. The van der Waals surface area contributed by atoms with E-state index in [1.807, 2.05) is 0 Å². The summed E-state index contributed by atoms with van der Waals surface area (Å²) in [5, 5.41) is -0.305. The van der Waals surface area contributed by atoms with Crippen LogP contribution in [0.4, 0.5) is 4.39 Å². The number of aromatic nitrogens is 1. The molecule has 70 valence electrons. The van der Waals surface area contributed by atoms with Gasteiger partial charge in [-0.05, 0) is 13.0 Å². The molecule has 0 unspecified atom stereocenters. The molecular formula is C8H7ClFNO2. The van der Waals surface area contributed by atoms with Crippen LogP contribution >= 0.6 is 11.6 Å². The predicted octanol–water partition coefficient (Wildman–Crippen LogP) is 2.05. The number of pyridine rings is 1. The minimum Gasteiger partial charge on any atom is -0.462 e. The first kappa shape index (κ1) is 9.92. The zero-order valence-corrected chi connectivity index (χ0v) is 7.64. The lowest BCUT2D eigenvalue weighted by molar-refractivity contribution is 0.0526. The van der Waals surface area contributed by atoms with Gasteiger partial charge in [0.1, 0.15) is 5.02 Å². The standard InChI is InChI=1S/C8H7ClFNO2/c1-2-13-8(12)5-3-4-11-7(10)6(5)9/h3-4H,2H2,1H3. The molecule has 0 aliphatic rings. The second kappa shape index (κ2) is 4.18. The highest BCUT2D eigenvalue weighted by molar-refractivity contribution is 6.33. The van der Waals surface area contributed by atoms with Crippen LogP contribution in [0.3, 0.4) is 0 Å². The van der Waals surface area contributed by atoms with Gasteiger partial charge in [0.05, 0.1) is 12.2 Å². The van der Waals surface area contributed by atoms with Gasteiger partial charge in [0.25, 0.3) is 0 Å². The lowest BCUT2D eigenvalue weighted by atomic mass is 10.3. The third-order valence-corrected chi connectivity index (χ3v) is 1.70. The van der Waals surface area contributed by atoms with Crippen LogP contribution in [0.1, 0.15) is 17.3 Å². The zero-order chi connectivity index (χ0) is 9.84. The van der Waals surface area contributed by atoms with Crippen molar-refractivity contribution in [3.8, 4) is 0 Å². The van der Waals surface area contributed by atoms with Crippen molar-refractivity contribution in [2.45, 2.75) is 6.92 Å². The van der Waals surface area contributed by atoms with E-state index in [4.69, 9.17) is 11.6 Å². The summed E-state index contributed by atoms with van der Waals surface area (Å²) in [6, 6.07) is 1.31. The van der Waals surface area contributed by atoms with Crippen LogP contribution in [0.5, 0.6) is 0 Å². The van der Waals surface area contributed by atoms with E-state index in [0.29, 0.717) is 0 Å². The lowest BCUT2D eigenvalue weighted by Crippen LogP contribution is -2.06. The molecule has 0 saturated carbocycles.